The molecule has 3 aliphatic rings. The highest BCUT2D eigenvalue weighted by Crippen LogP contribution is 2.56. The predicted octanol–water partition coefficient (Wildman–Crippen LogP) is 5.69. The lowest BCUT2D eigenvalue weighted by Gasteiger charge is -2.40. The molecule has 1 aliphatic heterocycles. The first kappa shape index (κ1) is 26.1. The van der Waals surface area contributed by atoms with Gasteiger partial charge in [-0.3, -0.25) is 0 Å². The molecule has 2 aliphatic carbocycles. The number of halogens is 1. The number of aryl methyl sites for hydroxylation is 1. The number of imidazole rings is 1. The van der Waals surface area contributed by atoms with Crippen molar-refractivity contribution in [3.8, 4) is 11.1 Å². The van der Waals surface area contributed by atoms with Crippen molar-refractivity contribution in [1.29, 1.82) is 0 Å². The summed E-state index contributed by atoms with van der Waals surface area (Å²) in [4.78, 5) is 31.0. The summed E-state index contributed by atoms with van der Waals surface area (Å²) in [5, 5.41) is 9.33. The molecule has 1 aromatic heterocycles. The summed E-state index contributed by atoms with van der Waals surface area (Å²) in [5.41, 5.74) is 4.04. The summed E-state index contributed by atoms with van der Waals surface area (Å²) in [6, 6.07) is 16.7. The number of carboxylic acid groups (broad SMARTS) is 1. The van der Waals surface area contributed by atoms with Gasteiger partial charge in [-0.2, -0.15) is 0 Å². The molecule has 39 heavy (non-hydrogen) atoms. The Morgan fingerprint density at radius 3 is 2.26 bits per heavy atom. The molecule has 1 saturated heterocycles. The highest BCUT2D eigenvalue weighted by molar-refractivity contribution is 9.10. The summed E-state index contributed by atoms with van der Waals surface area (Å²) in [7, 11) is 1.91. The van der Waals surface area contributed by atoms with Crippen molar-refractivity contribution < 1.29 is 24.2 Å². The molecule has 1 saturated carbocycles. The number of hydrogen-bond acceptors (Lipinski definition) is 5. The number of aliphatic carboxylic acids is 1. The Balaban J connectivity index is 1.11. The van der Waals surface area contributed by atoms with Crippen LogP contribution in [0.15, 0.2) is 59.3 Å². The fourth-order valence-electron chi connectivity index (χ4n) is 6.96. The number of carboxylic acids is 1. The molecule has 9 heteroatoms. The predicted molar refractivity (Wildman–Crippen MR) is 148 cm³/mol. The Bertz CT molecular complexity index is 1370. The van der Waals surface area contributed by atoms with Gasteiger partial charge < -0.3 is 24.0 Å². The first-order valence-electron chi connectivity index (χ1n) is 13.4. The number of rotatable bonds is 6. The van der Waals surface area contributed by atoms with Gasteiger partial charge in [-0.05, 0) is 75.7 Å². The van der Waals surface area contributed by atoms with Crippen LogP contribution in [-0.2, 0) is 26.9 Å². The van der Waals surface area contributed by atoms with E-state index in [-0.39, 0.29) is 24.0 Å². The van der Waals surface area contributed by atoms with Crippen LogP contribution in [0.4, 0.5) is 4.79 Å². The van der Waals surface area contributed by atoms with E-state index in [1.54, 1.807) is 0 Å². The standard InChI is InChI=1S/C30H32BrN3O5/c1-33-16-25(31)32-27(33)30(39-18-26(35)36)11-10-29(19-30)12-14-34(15-13-29)28(37)38-17-24-22-8-4-2-6-20(22)21-7-3-5-9-23(21)24/h2-9,16,24H,10-15,17-19H2,1H3,(H,35,36). The van der Waals surface area contributed by atoms with Gasteiger partial charge in [-0.1, -0.05) is 48.5 Å². The lowest BCUT2D eigenvalue weighted by Crippen LogP contribution is -2.44. The normalized spacial score (nSPS) is 21.6. The van der Waals surface area contributed by atoms with Gasteiger partial charge in [-0.15, -0.1) is 0 Å². The monoisotopic (exact) mass is 593 g/mol. The Hall–Kier alpha value is -3.17. The smallest absolute Gasteiger partial charge is 0.409 e. The topological polar surface area (TPSA) is 93.9 Å². The SMILES string of the molecule is Cn1cc(Br)nc1C1(OCC(=O)O)CCC2(CCN(C(=O)OCC3c4ccccc4-c4ccccc43)CC2)C1. The first-order chi connectivity index (χ1) is 18.8. The summed E-state index contributed by atoms with van der Waals surface area (Å²) in [6.45, 7) is 1.16. The van der Waals surface area contributed by atoms with Crippen LogP contribution in [0.5, 0.6) is 0 Å². The van der Waals surface area contributed by atoms with E-state index < -0.39 is 11.6 Å². The molecule has 204 valence electrons. The number of carbonyl (C=O) groups excluding carboxylic acids is 1. The maximum absolute atomic E-state index is 13.2. The van der Waals surface area contributed by atoms with Crippen molar-refractivity contribution >= 4 is 28.0 Å². The first-order valence-corrected chi connectivity index (χ1v) is 14.2. The van der Waals surface area contributed by atoms with Crippen molar-refractivity contribution in [1.82, 2.24) is 14.5 Å². The van der Waals surface area contributed by atoms with Gasteiger partial charge in [0.1, 0.15) is 29.2 Å². The maximum atomic E-state index is 13.2. The van der Waals surface area contributed by atoms with E-state index in [0.717, 1.165) is 25.1 Å². The average molecular weight is 595 g/mol. The third kappa shape index (κ3) is 4.76. The Kier molecular flexibility index (Phi) is 6.75. The summed E-state index contributed by atoms with van der Waals surface area (Å²) < 4.78 is 14.6. The Morgan fingerprint density at radius 1 is 1.03 bits per heavy atom. The van der Waals surface area contributed by atoms with Crippen molar-refractivity contribution in [2.24, 2.45) is 12.5 Å². The van der Waals surface area contributed by atoms with E-state index in [1.807, 2.05) is 47.0 Å². The molecule has 3 aromatic rings. The van der Waals surface area contributed by atoms with Crippen LogP contribution < -0.4 is 0 Å². The zero-order valence-corrected chi connectivity index (χ0v) is 23.5. The lowest BCUT2D eigenvalue weighted by atomic mass is 9.76. The second kappa shape index (κ2) is 10.1. The molecule has 2 aromatic carbocycles. The van der Waals surface area contributed by atoms with Crippen LogP contribution in [0.25, 0.3) is 11.1 Å². The van der Waals surface area contributed by atoms with Gasteiger partial charge in [-0.25, -0.2) is 14.6 Å². The van der Waals surface area contributed by atoms with Crippen LogP contribution >= 0.6 is 15.9 Å². The van der Waals surface area contributed by atoms with Crippen LogP contribution in [0.3, 0.4) is 0 Å². The minimum atomic E-state index is -0.992. The second-order valence-electron chi connectivity index (χ2n) is 11.1. The Morgan fingerprint density at radius 2 is 1.67 bits per heavy atom. The number of piperidine rings is 1. The summed E-state index contributed by atoms with van der Waals surface area (Å²) in [6.07, 6.45) is 5.51. The average Bonchev–Trinajstić information content (AvgIpc) is 3.58. The van der Waals surface area contributed by atoms with Crippen LogP contribution in [0.2, 0.25) is 0 Å². The number of nitrogens with zero attached hydrogens (tertiary/aromatic N) is 3. The molecule has 2 fully saturated rings. The minimum absolute atomic E-state index is 0.0307. The van der Waals surface area contributed by atoms with E-state index in [4.69, 9.17) is 9.47 Å². The quantitative estimate of drug-likeness (QED) is 0.394. The van der Waals surface area contributed by atoms with E-state index in [9.17, 15) is 14.7 Å². The fourth-order valence-corrected chi connectivity index (χ4v) is 7.43. The zero-order valence-electron chi connectivity index (χ0n) is 21.9. The van der Waals surface area contributed by atoms with E-state index in [0.29, 0.717) is 37.1 Å². The fraction of sp³-hybridized carbons (Fsp3) is 0.433. The molecule has 8 nitrogen and oxygen atoms in total. The third-order valence-corrected chi connectivity index (χ3v) is 9.25. The second-order valence-corrected chi connectivity index (χ2v) is 12.0. The molecule has 2 heterocycles. The largest absolute Gasteiger partial charge is 0.480 e. The van der Waals surface area contributed by atoms with Crippen molar-refractivity contribution in [2.45, 2.75) is 43.6 Å². The molecular formula is C30H32BrN3O5. The number of carbonyl (C=O) groups is 2. The zero-order chi connectivity index (χ0) is 27.2. The van der Waals surface area contributed by atoms with Crippen molar-refractivity contribution in [3.63, 3.8) is 0 Å². The molecule has 6 rings (SSSR count). The van der Waals surface area contributed by atoms with Gasteiger partial charge >= 0.3 is 12.1 Å². The number of hydrogen-bond donors (Lipinski definition) is 1. The minimum Gasteiger partial charge on any atom is -0.480 e. The number of likely N-dealkylation sites (tertiary alicyclic amines) is 1. The van der Waals surface area contributed by atoms with Gasteiger partial charge in [0.2, 0.25) is 0 Å². The molecule has 1 N–H and O–H groups in total. The molecular weight excluding hydrogens is 562 g/mol. The molecule has 1 spiro atoms. The molecule has 1 amide bonds. The summed E-state index contributed by atoms with van der Waals surface area (Å²) >= 11 is 3.44. The van der Waals surface area contributed by atoms with Crippen LogP contribution in [-0.4, -0.2) is 57.9 Å². The van der Waals surface area contributed by atoms with E-state index >= 15 is 0 Å². The molecule has 0 bridgehead atoms. The van der Waals surface area contributed by atoms with Crippen molar-refractivity contribution in [2.75, 3.05) is 26.3 Å². The molecule has 0 radical (unpaired) electrons. The van der Waals surface area contributed by atoms with Crippen LogP contribution in [0.1, 0.15) is 55.0 Å². The van der Waals surface area contributed by atoms with Gasteiger partial charge in [0.25, 0.3) is 0 Å². The number of ether oxygens (including phenoxy) is 2. The third-order valence-electron chi connectivity index (χ3n) is 8.86. The van der Waals surface area contributed by atoms with E-state index in [1.165, 1.54) is 22.3 Å². The molecule has 1 atom stereocenters. The lowest BCUT2D eigenvalue weighted by molar-refractivity contribution is -0.152. The number of fused-ring (bicyclic) bond motifs is 3. The van der Waals surface area contributed by atoms with Crippen LogP contribution in [0, 0.1) is 5.41 Å². The van der Waals surface area contributed by atoms with Gasteiger partial charge in [0.05, 0.1) is 0 Å². The number of benzene rings is 2. The van der Waals surface area contributed by atoms with Crippen molar-refractivity contribution in [3.05, 3.63) is 76.3 Å². The highest BCUT2D eigenvalue weighted by Gasteiger charge is 2.53. The maximum Gasteiger partial charge on any atom is 0.409 e. The van der Waals surface area contributed by atoms with Gasteiger partial charge in [0.15, 0.2) is 0 Å². The Labute approximate surface area is 236 Å². The number of amides is 1. The summed E-state index contributed by atoms with van der Waals surface area (Å²) in [5.74, 6) is -0.212. The highest BCUT2D eigenvalue weighted by atomic mass is 79.9. The number of aromatic nitrogens is 2. The molecule has 1 unspecified atom stereocenters. The van der Waals surface area contributed by atoms with E-state index in [2.05, 4.69) is 45.2 Å². The van der Waals surface area contributed by atoms with Gasteiger partial charge in [0, 0.05) is 32.3 Å².